The van der Waals surface area contributed by atoms with Gasteiger partial charge in [-0.2, -0.15) is 0 Å². The van der Waals surface area contributed by atoms with Crippen molar-refractivity contribution in [3.8, 4) is 0 Å². The number of nitrogens with one attached hydrogen (secondary N) is 1. The van der Waals surface area contributed by atoms with Gasteiger partial charge in [0.25, 0.3) is 0 Å². The zero-order valence-electron chi connectivity index (χ0n) is 11.2. The molecule has 1 aliphatic carbocycles. The van der Waals surface area contributed by atoms with Crippen molar-refractivity contribution in [1.29, 1.82) is 0 Å². The topological polar surface area (TPSA) is 46.2 Å². The molecule has 0 fully saturated rings. The van der Waals surface area contributed by atoms with Crippen molar-refractivity contribution in [2.75, 3.05) is 6.54 Å². The van der Waals surface area contributed by atoms with E-state index in [9.17, 15) is 8.42 Å². The van der Waals surface area contributed by atoms with E-state index in [4.69, 9.17) is 23.2 Å². The van der Waals surface area contributed by atoms with E-state index in [2.05, 4.69) is 10.8 Å². The molecule has 0 saturated heterocycles. The average molecular weight is 334 g/mol. The van der Waals surface area contributed by atoms with Crippen molar-refractivity contribution >= 4 is 33.2 Å². The molecule has 6 heteroatoms. The van der Waals surface area contributed by atoms with E-state index in [1.807, 2.05) is 0 Å². The molecule has 0 aliphatic heterocycles. The predicted molar refractivity (Wildman–Crippen MR) is 82.9 cm³/mol. The van der Waals surface area contributed by atoms with Crippen molar-refractivity contribution in [3.63, 3.8) is 0 Å². The van der Waals surface area contributed by atoms with Gasteiger partial charge in [0, 0.05) is 11.6 Å². The maximum atomic E-state index is 12.3. The third kappa shape index (κ3) is 3.76. The molecule has 1 N–H and O–H groups in total. The van der Waals surface area contributed by atoms with Crippen LogP contribution in [0.3, 0.4) is 0 Å². The summed E-state index contributed by atoms with van der Waals surface area (Å²) in [4.78, 5) is 0.0810. The molecule has 1 aromatic rings. The number of rotatable bonds is 4. The van der Waals surface area contributed by atoms with Gasteiger partial charge in [0.2, 0.25) is 10.0 Å². The SMILES string of the molecule is Cc1cc(S(=O)(=O)NCC2=CCCCC2)c(Cl)cc1Cl. The first-order valence-electron chi connectivity index (χ1n) is 6.53. The van der Waals surface area contributed by atoms with Crippen molar-refractivity contribution < 1.29 is 8.42 Å². The Kier molecular flexibility index (Phi) is 5.13. The minimum Gasteiger partial charge on any atom is -0.207 e. The highest BCUT2D eigenvalue weighted by atomic mass is 35.5. The van der Waals surface area contributed by atoms with E-state index in [1.165, 1.54) is 18.6 Å². The van der Waals surface area contributed by atoms with Crippen LogP contribution in [0.25, 0.3) is 0 Å². The second-order valence-corrected chi connectivity index (χ2v) is 7.51. The lowest BCUT2D eigenvalue weighted by molar-refractivity contribution is 0.582. The molecule has 3 nitrogen and oxygen atoms in total. The number of halogens is 2. The Balaban J connectivity index is 2.18. The lowest BCUT2D eigenvalue weighted by atomic mass is 10.0. The third-order valence-electron chi connectivity index (χ3n) is 3.38. The molecule has 0 unspecified atom stereocenters. The van der Waals surface area contributed by atoms with Gasteiger partial charge in [-0.15, -0.1) is 0 Å². The van der Waals surface area contributed by atoms with Gasteiger partial charge >= 0.3 is 0 Å². The molecule has 0 saturated carbocycles. The van der Waals surface area contributed by atoms with Gasteiger partial charge in [-0.3, -0.25) is 0 Å². The molecule has 0 aromatic heterocycles. The van der Waals surface area contributed by atoms with Crippen LogP contribution in [0.5, 0.6) is 0 Å². The highest BCUT2D eigenvalue weighted by Crippen LogP contribution is 2.28. The summed E-state index contributed by atoms with van der Waals surface area (Å²) in [6, 6.07) is 2.97. The Hall–Kier alpha value is -0.550. The largest absolute Gasteiger partial charge is 0.242 e. The van der Waals surface area contributed by atoms with Crippen LogP contribution in [0.15, 0.2) is 28.7 Å². The van der Waals surface area contributed by atoms with Crippen LogP contribution >= 0.6 is 23.2 Å². The Morgan fingerprint density at radius 1 is 1.20 bits per heavy atom. The average Bonchev–Trinajstić information content (AvgIpc) is 2.42. The van der Waals surface area contributed by atoms with Gasteiger partial charge in [-0.05, 0) is 50.3 Å². The summed E-state index contributed by atoms with van der Waals surface area (Å²) in [5, 5.41) is 0.606. The van der Waals surface area contributed by atoms with E-state index in [0.717, 1.165) is 24.8 Å². The Labute approximate surface area is 130 Å². The van der Waals surface area contributed by atoms with Crippen LogP contribution in [0.1, 0.15) is 31.2 Å². The molecule has 2 rings (SSSR count). The molecular weight excluding hydrogens is 317 g/mol. The minimum atomic E-state index is -3.61. The van der Waals surface area contributed by atoms with Crippen molar-refractivity contribution in [3.05, 3.63) is 39.4 Å². The van der Waals surface area contributed by atoms with Gasteiger partial charge < -0.3 is 0 Å². The van der Waals surface area contributed by atoms with Gasteiger partial charge in [0.05, 0.1) is 5.02 Å². The van der Waals surface area contributed by atoms with Crippen molar-refractivity contribution in [1.82, 2.24) is 4.72 Å². The van der Waals surface area contributed by atoms with E-state index < -0.39 is 10.0 Å². The van der Waals surface area contributed by atoms with Crippen LogP contribution in [-0.4, -0.2) is 15.0 Å². The summed E-state index contributed by atoms with van der Waals surface area (Å²) >= 11 is 11.9. The lowest BCUT2D eigenvalue weighted by Gasteiger charge is -2.14. The zero-order chi connectivity index (χ0) is 14.8. The second kappa shape index (κ2) is 6.48. The molecule has 0 bridgehead atoms. The molecule has 0 spiro atoms. The first-order valence-corrected chi connectivity index (χ1v) is 8.77. The van der Waals surface area contributed by atoms with Gasteiger partial charge in [-0.25, -0.2) is 13.1 Å². The predicted octanol–water partition coefficient (Wildman–Crippen LogP) is 4.08. The van der Waals surface area contributed by atoms with E-state index >= 15 is 0 Å². The van der Waals surface area contributed by atoms with E-state index in [-0.39, 0.29) is 9.92 Å². The molecule has 0 amide bonds. The number of aryl methyl sites for hydroxylation is 1. The van der Waals surface area contributed by atoms with E-state index in [1.54, 1.807) is 6.92 Å². The molecule has 0 atom stereocenters. The summed E-state index contributed by atoms with van der Waals surface area (Å²) < 4.78 is 27.2. The lowest BCUT2D eigenvalue weighted by Crippen LogP contribution is -2.26. The maximum absolute atomic E-state index is 12.3. The van der Waals surface area contributed by atoms with Crippen molar-refractivity contribution in [2.45, 2.75) is 37.5 Å². The first-order chi connectivity index (χ1) is 9.40. The summed E-state index contributed by atoms with van der Waals surface area (Å²) in [7, 11) is -3.61. The summed E-state index contributed by atoms with van der Waals surface area (Å²) in [5.74, 6) is 0. The number of hydrogen-bond donors (Lipinski definition) is 1. The van der Waals surface area contributed by atoms with Crippen LogP contribution in [0, 0.1) is 6.92 Å². The summed E-state index contributed by atoms with van der Waals surface area (Å²) in [6.45, 7) is 2.10. The Bertz CT molecular complexity index is 639. The maximum Gasteiger partial charge on any atom is 0.242 e. The number of sulfonamides is 1. The summed E-state index contributed by atoms with van der Waals surface area (Å²) in [6.07, 6.45) is 6.39. The van der Waals surface area contributed by atoms with Crippen LogP contribution in [0.4, 0.5) is 0 Å². The molecule has 1 aliphatic rings. The molecule has 0 heterocycles. The molecule has 1 aromatic carbocycles. The smallest absolute Gasteiger partial charge is 0.207 e. The normalized spacial score (nSPS) is 16.1. The molecule has 20 heavy (non-hydrogen) atoms. The zero-order valence-corrected chi connectivity index (χ0v) is 13.6. The highest BCUT2D eigenvalue weighted by Gasteiger charge is 2.19. The second-order valence-electron chi connectivity index (χ2n) is 4.96. The minimum absolute atomic E-state index is 0.0810. The monoisotopic (exact) mass is 333 g/mol. The fourth-order valence-electron chi connectivity index (χ4n) is 2.17. The quantitative estimate of drug-likeness (QED) is 0.844. The van der Waals surface area contributed by atoms with Crippen LogP contribution in [0.2, 0.25) is 10.0 Å². The van der Waals surface area contributed by atoms with Crippen molar-refractivity contribution in [2.24, 2.45) is 0 Å². The fourth-order valence-corrected chi connectivity index (χ4v) is 4.03. The molecule has 110 valence electrons. The standard InChI is InChI=1S/C14H17Cl2NO2S/c1-10-7-14(13(16)8-12(10)15)20(18,19)17-9-11-5-3-2-4-6-11/h5,7-8,17H,2-4,6,9H2,1H3. The first kappa shape index (κ1) is 15.8. The van der Waals surface area contributed by atoms with Crippen LogP contribution in [-0.2, 0) is 10.0 Å². The van der Waals surface area contributed by atoms with Gasteiger partial charge in [0.1, 0.15) is 4.90 Å². The number of benzene rings is 1. The highest BCUT2D eigenvalue weighted by molar-refractivity contribution is 7.89. The number of allylic oxidation sites excluding steroid dienone is 1. The van der Waals surface area contributed by atoms with Gasteiger partial charge in [-0.1, -0.05) is 34.9 Å². The molecular formula is C14H17Cl2NO2S. The van der Waals surface area contributed by atoms with Crippen LogP contribution < -0.4 is 4.72 Å². The summed E-state index contributed by atoms with van der Waals surface area (Å²) in [5.41, 5.74) is 1.83. The Morgan fingerprint density at radius 2 is 1.95 bits per heavy atom. The van der Waals surface area contributed by atoms with E-state index in [0.29, 0.717) is 17.1 Å². The third-order valence-corrected chi connectivity index (χ3v) is 5.65. The number of hydrogen-bond acceptors (Lipinski definition) is 2. The van der Waals surface area contributed by atoms with Gasteiger partial charge in [0.15, 0.2) is 0 Å². The molecule has 0 radical (unpaired) electrons. The fraction of sp³-hybridized carbons (Fsp3) is 0.429. The Morgan fingerprint density at radius 3 is 2.60 bits per heavy atom.